The molecule has 5 aliphatic rings. The summed E-state index contributed by atoms with van der Waals surface area (Å²) >= 11 is 0. The zero-order valence-corrected chi connectivity index (χ0v) is 16.1. The molecule has 5 heteroatoms. The average Bonchev–Trinajstić information content (AvgIpc) is 3.32. The number of carbonyl (C=O) groups excluding carboxylic acids is 2. The SMILES string of the molecule is C[C@@H]1C[C@@H]2C(C[C@H]3O[C@]34[C@H]2C[C@H](C)C2=CC(=O)C=C[C@@]24C)[C@@]1(O)C(=O)CO. The number of carbonyl (C=O) groups is 2. The zero-order valence-electron chi connectivity index (χ0n) is 16.1. The van der Waals surface area contributed by atoms with Crippen LogP contribution in [0.3, 0.4) is 0 Å². The predicted molar refractivity (Wildman–Crippen MR) is 97.6 cm³/mol. The van der Waals surface area contributed by atoms with E-state index in [0.29, 0.717) is 6.42 Å². The first-order valence-corrected chi connectivity index (χ1v) is 10.2. The molecule has 4 fully saturated rings. The molecule has 1 aliphatic heterocycles. The quantitative estimate of drug-likeness (QED) is 0.722. The van der Waals surface area contributed by atoms with Crippen LogP contribution in [0.15, 0.2) is 23.8 Å². The number of allylic oxidation sites excluding steroid dienone is 2. The van der Waals surface area contributed by atoms with Crippen LogP contribution in [-0.2, 0) is 14.3 Å². The van der Waals surface area contributed by atoms with Gasteiger partial charge in [0.1, 0.15) is 17.8 Å². The Morgan fingerprint density at radius 2 is 2.00 bits per heavy atom. The Kier molecular flexibility index (Phi) is 3.42. The monoisotopic (exact) mass is 372 g/mol. The number of aliphatic hydroxyl groups excluding tert-OH is 1. The Balaban J connectivity index is 1.58. The number of hydrogen-bond acceptors (Lipinski definition) is 5. The first-order chi connectivity index (χ1) is 12.7. The summed E-state index contributed by atoms with van der Waals surface area (Å²) in [6.07, 6.45) is 7.83. The van der Waals surface area contributed by atoms with Crippen molar-refractivity contribution in [3.8, 4) is 0 Å². The summed E-state index contributed by atoms with van der Waals surface area (Å²) in [7, 11) is 0. The van der Waals surface area contributed by atoms with Gasteiger partial charge in [0.2, 0.25) is 0 Å². The van der Waals surface area contributed by atoms with Crippen LogP contribution in [-0.4, -0.2) is 45.7 Å². The van der Waals surface area contributed by atoms with Crippen molar-refractivity contribution in [1.82, 2.24) is 0 Å². The largest absolute Gasteiger partial charge is 0.388 e. The van der Waals surface area contributed by atoms with Crippen molar-refractivity contribution in [2.75, 3.05) is 6.61 Å². The molecule has 0 aromatic heterocycles. The Morgan fingerprint density at radius 1 is 1.26 bits per heavy atom. The highest BCUT2D eigenvalue weighted by Gasteiger charge is 2.79. The van der Waals surface area contributed by atoms with Gasteiger partial charge in [0.15, 0.2) is 11.6 Å². The zero-order chi connectivity index (χ0) is 19.4. The highest BCUT2D eigenvalue weighted by Crippen LogP contribution is 2.74. The van der Waals surface area contributed by atoms with E-state index in [-0.39, 0.29) is 52.5 Å². The van der Waals surface area contributed by atoms with Gasteiger partial charge in [-0.1, -0.05) is 25.5 Å². The van der Waals surface area contributed by atoms with Crippen molar-refractivity contribution in [3.63, 3.8) is 0 Å². The number of Topliss-reactive ketones (excluding diaryl/α,β-unsaturated/α-hetero) is 1. The third-order valence-corrected chi connectivity index (χ3v) is 8.77. The van der Waals surface area contributed by atoms with Gasteiger partial charge >= 0.3 is 0 Å². The minimum absolute atomic E-state index is 0.00850. The van der Waals surface area contributed by atoms with Gasteiger partial charge in [0.05, 0.1) is 6.10 Å². The third-order valence-electron chi connectivity index (χ3n) is 8.77. The highest BCUT2D eigenvalue weighted by molar-refractivity contribution is 6.01. The lowest BCUT2D eigenvalue weighted by atomic mass is 9.48. The van der Waals surface area contributed by atoms with Crippen molar-refractivity contribution in [2.24, 2.45) is 35.0 Å². The van der Waals surface area contributed by atoms with E-state index in [0.717, 1.165) is 12.8 Å². The molecule has 3 saturated carbocycles. The molecular weight excluding hydrogens is 344 g/mol. The van der Waals surface area contributed by atoms with E-state index in [1.807, 2.05) is 13.0 Å². The molecule has 27 heavy (non-hydrogen) atoms. The molecule has 0 aromatic carbocycles. The lowest BCUT2D eigenvalue weighted by Crippen LogP contribution is -2.58. The van der Waals surface area contributed by atoms with E-state index in [9.17, 15) is 19.8 Å². The van der Waals surface area contributed by atoms with Crippen LogP contribution in [0.25, 0.3) is 0 Å². The molecule has 5 nitrogen and oxygen atoms in total. The average molecular weight is 372 g/mol. The molecule has 0 bridgehead atoms. The molecule has 0 radical (unpaired) electrons. The van der Waals surface area contributed by atoms with Gasteiger partial charge in [-0.2, -0.15) is 0 Å². The third kappa shape index (κ3) is 1.86. The number of rotatable bonds is 2. The first kappa shape index (κ1) is 17.8. The normalized spacial score (nSPS) is 55.1. The molecular formula is C22H28O5. The molecule has 1 saturated heterocycles. The second-order valence-corrected chi connectivity index (χ2v) is 9.73. The van der Waals surface area contributed by atoms with Crippen LogP contribution >= 0.6 is 0 Å². The summed E-state index contributed by atoms with van der Waals surface area (Å²) in [6, 6.07) is 0. The van der Waals surface area contributed by atoms with Crippen molar-refractivity contribution < 1.29 is 24.5 Å². The number of epoxide rings is 1. The van der Waals surface area contributed by atoms with Crippen LogP contribution in [0.2, 0.25) is 0 Å². The molecule has 146 valence electrons. The minimum atomic E-state index is -1.45. The van der Waals surface area contributed by atoms with Gasteiger partial charge in [0, 0.05) is 11.3 Å². The number of ketones is 2. The molecule has 1 unspecified atom stereocenters. The van der Waals surface area contributed by atoms with E-state index in [1.54, 1.807) is 12.2 Å². The molecule has 2 N–H and O–H groups in total. The maximum atomic E-state index is 12.5. The number of aliphatic hydroxyl groups is 2. The van der Waals surface area contributed by atoms with Crippen LogP contribution in [0.4, 0.5) is 0 Å². The topological polar surface area (TPSA) is 87.1 Å². The number of hydrogen-bond donors (Lipinski definition) is 2. The van der Waals surface area contributed by atoms with E-state index in [2.05, 4.69) is 13.8 Å². The van der Waals surface area contributed by atoms with Crippen molar-refractivity contribution in [1.29, 1.82) is 0 Å². The number of fused-ring (bicyclic) bond motifs is 3. The van der Waals surface area contributed by atoms with E-state index in [4.69, 9.17) is 4.74 Å². The van der Waals surface area contributed by atoms with Gasteiger partial charge in [-0.3, -0.25) is 9.59 Å². The molecule has 1 spiro atoms. The fourth-order valence-electron chi connectivity index (χ4n) is 7.56. The summed E-state index contributed by atoms with van der Waals surface area (Å²) in [4.78, 5) is 24.5. The summed E-state index contributed by atoms with van der Waals surface area (Å²) in [5.74, 6) is -0.00791. The summed E-state index contributed by atoms with van der Waals surface area (Å²) in [6.45, 7) is 5.68. The first-order valence-electron chi connectivity index (χ1n) is 10.2. The molecule has 1 heterocycles. The van der Waals surface area contributed by atoms with Crippen molar-refractivity contribution in [3.05, 3.63) is 23.8 Å². The molecule has 0 aromatic rings. The van der Waals surface area contributed by atoms with Gasteiger partial charge in [-0.15, -0.1) is 0 Å². The molecule has 5 rings (SSSR count). The van der Waals surface area contributed by atoms with E-state index in [1.165, 1.54) is 5.57 Å². The Bertz CT molecular complexity index is 799. The highest BCUT2D eigenvalue weighted by atomic mass is 16.6. The minimum Gasteiger partial charge on any atom is -0.388 e. The van der Waals surface area contributed by atoms with Crippen LogP contribution in [0.5, 0.6) is 0 Å². The van der Waals surface area contributed by atoms with Crippen LogP contribution in [0.1, 0.15) is 40.0 Å². The Hall–Kier alpha value is -1.30. The second kappa shape index (κ2) is 5.19. The Labute approximate surface area is 159 Å². The fourth-order valence-corrected chi connectivity index (χ4v) is 7.56. The maximum Gasteiger partial charge on any atom is 0.190 e. The van der Waals surface area contributed by atoms with E-state index >= 15 is 0 Å². The fraction of sp³-hybridized carbons (Fsp3) is 0.727. The smallest absolute Gasteiger partial charge is 0.190 e. The van der Waals surface area contributed by atoms with Gasteiger partial charge in [-0.05, 0) is 62.0 Å². The van der Waals surface area contributed by atoms with Gasteiger partial charge in [-0.25, -0.2) is 0 Å². The summed E-state index contributed by atoms with van der Waals surface area (Å²) in [5, 5.41) is 20.8. The molecule has 0 amide bonds. The van der Waals surface area contributed by atoms with Gasteiger partial charge in [0.25, 0.3) is 0 Å². The van der Waals surface area contributed by atoms with Crippen molar-refractivity contribution >= 4 is 11.6 Å². The van der Waals surface area contributed by atoms with Crippen molar-refractivity contribution in [2.45, 2.75) is 57.3 Å². The summed E-state index contributed by atoms with van der Waals surface area (Å²) < 4.78 is 6.42. The van der Waals surface area contributed by atoms with Crippen LogP contribution < -0.4 is 0 Å². The lowest BCUT2D eigenvalue weighted by Gasteiger charge is -2.54. The van der Waals surface area contributed by atoms with Gasteiger partial charge < -0.3 is 14.9 Å². The summed E-state index contributed by atoms with van der Waals surface area (Å²) in [5.41, 5.74) is -0.906. The molecule has 9 atom stereocenters. The predicted octanol–water partition coefficient (Wildman–Crippen LogP) is 1.82. The Morgan fingerprint density at radius 3 is 2.70 bits per heavy atom. The molecule has 4 aliphatic carbocycles. The second-order valence-electron chi connectivity index (χ2n) is 9.73. The van der Waals surface area contributed by atoms with Crippen LogP contribution in [0, 0.1) is 35.0 Å². The number of ether oxygens (including phenoxy) is 1. The van der Waals surface area contributed by atoms with E-state index < -0.39 is 18.0 Å². The standard InChI is InChI=1S/C22H28O5/c1-11-6-17-14-7-12(2)21(26,18(25)10-23)16(14)9-19-22(17,27-19)20(3)5-4-13(24)8-15(11)20/h4-5,8,11-12,14,16-17,19,23,26H,6-7,9-10H2,1-3H3/t11-,12+,14+,16?,17-,19+,20-,21+,22+/m0/s1. The maximum absolute atomic E-state index is 12.5. The lowest BCUT2D eigenvalue weighted by molar-refractivity contribution is -0.151.